The first kappa shape index (κ1) is 13.9. The summed E-state index contributed by atoms with van der Waals surface area (Å²) in [5.74, 6) is 0. The van der Waals surface area contributed by atoms with Gasteiger partial charge in [0.1, 0.15) is 16.3 Å². The van der Waals surface area contributed by atoms with Crippen LogP contribution in [0.3, 0.4) is 0 Å². The molecule has 0 aromatic heterocycles. The van der Waals surface area contributed by atoms with E-state index in [2.05, 4.69) is 13.4 Å². The van der Waals surface area contributed by atoms with Gasteiger partial charge in [-0.25, -0.2) is 13.1 Å². The lowest BCUT2D eigenvalue weighted by atomic mass is 10.0. The summed E-state index contributed by atoms with van der Waals surface area (Å²) in [4.78, 5) is 0.170. The van der Waals surface area contributed by atoms with E-state index in [0.717, 1.165) is 24.2 Å². The van der Waals surface area contributed by atoms with Gasteiger partial charge in [-0.15, -0.1) is 0 Å². The van der Waals surface area contributed by atoms with Crippen molar-refractivity contribution in [1.29, 1.82) is 0 Å². The van der Waals surface area contributed by atoms with Crippen LogP contribution in [0.5, 0.6) is 0 Å². The van der Waals surface area contributed by atoms with E-state index in [4.69, 9.17) is 5.11 Å². The Balaban J connectivity index is 1.80. The molecule has 108 valence electrons. The van der Waals surface area contributed by atoms with Crippen LogP contribution in [-0.4, -0.2) is 26.7 Å². The lowest BCUT2D eigenvalue weighted by Gasteiger charge is -2.15. The Kier molecular flexibility index (Phi) is 3.49. The van der Waals surface area contributed by atoms with Crippen LogP contribution in [-0.2, 0) is 21.4 Å². The van der Waals surface area contributed by atoms with Crippen molar-refractivity contribution in [3.8, 4) is 0 Å². The van der Waals surface area contributed by atoms with E-state index in [1.165, 1.54) is 6.07 Å². The maximum Gasteiger partial charge on any atom is 0.242 e. The van der Waals surface area contributed by atoms with Crippen LogP contribution in [0.1, 0.15) is 19.3 Å². The third-order valence-electron chi connectivity index (χ3n) is 3.77. The highest BCUT2D eigenvalue weighted by atomic mass is 32.2. The average Bonchev–Trinajstić information content (AvgIpc) is 3.02. The second-order valence-corrected chi connectivity index (χ2v) is 7.45. The molecule has 1 aliphatic carbocycles. The lowest BCUT2D eigenvalue weighted by Crippen LogP contribution is -2.30. The first-order valence-corrected chi connectivity index (χ1v) is 8.60. The van der Waals surface area contributed by atoms with Gasteiger partial charge in [0.15, 0.2) is 0 Å². The van der Waals surface area contributed by atoms with Crippen LogP contribution in [0.25, 0.3) is 0 Å². The Bertz CT molecular complexity index is 705. The highest BCUT2D eigenvalue weighted by Crippen LogP contribution is 2.48. The van der Waals surface area contributed by atoms with Gasteiger partial charge in [-0.2, -0.15) is 8.73 Å². The number of sulfonamides is 1. The van der Waals surface area contributed by atoms with Crippen molar-refractivity contribution in [3.05, 3.63) is 18.2 Å². The third kappa shape index (κ3) is 2.56. The summed E-state index contributed by atoms with van der Waals surface area (Å²) in [6.45, 7) is 0.456. The van der Waals surface area contributed by atoms with Crippen LogP contribution < -0.4 is 4.72 Å². The maximum absolute atomic E-state index is 12.4. The molecular formula is C12H15N3O3S2. The minimum absolute atomic E-state index is 0.0595. The maximum atomic E-state index is 12.4. The molecule has 1 aromatic carbocycles. The molecular weight excluding hydrogens is 298 g/mol. The molecule has 2 N–H and O–H groups in total. The fourth-order valence-electron chi connectivity index (χ4n) is 2.25. The Hall–Kier alpha value is -1.09. The minimum Gasteiger partial charge on any atom is -0.396 e. The Morgan fingerprint density at radius 2 is 2.15 bits per heavy atom. The predicted octanol–water partition coefficient (Wildman–Crippen LogP) is 1.85. The summed E-state index contributed by atoms with van der Waals surface area (Å²) < 4.78 is 35.5. The number of rotatable bonds is 6. The Morgan fingerprint density at radius 3 is 2.85 bits per heavy atom. The van der Waals surface area contributed by atoms with Crippen molar-refractivity contribution in [1.82, 2.24) is 4.72 Å². The zero-order valence-electron chi connectivity index (χ0n) is 10.7. The van der Waals surface area contributed by atoms with Gasteiger partial charge >= 0.3 is 0 Å². The van der Waals surface area contributed by atoms with Crippen molar-refractivity contribution >= 4 is 32.8 Å². The summed E-state index contributed by atoms with van der Waals surface area (Å²) in [5.41, 5.74) is 0.946. The molecule has 0 radical (unpaired) electrons. The predicted molar refractivity (Wildman–Crippen MR) is 76.5 cm³/mol. The normalized spacial score (nSPS) is 18.6. The Labute approximate surface area is 121 Å². The van der Waals surface area contributed by atoms with E-state index in [9.17, 15) is 8.42 Å². The van der Waals surface area contributed by atoms with E-state index in [1.807, 2.05) is 0 Å². The fraction of sp³-hybridized carbons (Fsp3) is 0.500. The van der Waals surface area contributed by atoms with Crippen LogP contribution in [0.2, 0.25) is 0 Å². The van der Waals surface area contributed by atoms with Gasteiger partial charge in [0.05, 0.1) is 11.4 Å². The molecule has 8 heteroatoms. The largest absolute Gasteiger partial charge is 0.396 e. The van der Waals surface area contributed by atoms with Crippen molar-refractivity contribution < 1.29 is 13.5 Å². The molecule has 1 aromatic rings. The van der Waals surface area contributed by atoms with Crippen LogP contribution in [0.15, 0.2) is 31.8 Å². The van der Waals surface area contributed by atoms with E-state index in [-0.39, 0.29) is 16.9 Å². The third-order valence-corrected chi connectivity index (χ3v) is 5.75. The van der Waals surface area contributed by atoms with E-state index in [1.54, 1.807) is 12.1 Å². The first-order chi connectivity index (χ1) is 9.56. The standard InChI is InChI=1S/C12H15N3O3S2/c16-7-6-12(4-5-12)8-13-20(17,18)10-3-1-2-9-11(10)15-19-14-9/h1-3,13,16H,4-8H2. The summed E-state index contributed by atoms with van der Waals surface area (Å²) in [6, 6.07) is 4.95. The monoisotopic (exact) mass is 313 g/mol. The van der Waals surface area contributed by atoms with Crippen LogP contribution >= 0.6 is 0 Å². The van der Waals surface area contributed by atoms with Crippen molar-refractivity contribution in [2.24, 2.45) is 14.1 Å². The van der Waals surface area contributed by atoms with E-state index < -0.39 is 10.0 Å². The summed E-state index contributed by atoms with van der Waals surface area (Å²) in [6.07, 6.45) is 2.55. The molecule has 0 atom stereocenters. The van der Waals surface area contributed by atoms with Crippen molar-refractivity contribution in [3.63, 3.8) is 0 Å². The van der Waals surface area contributed by atoms with Gasteiger partial charge in [0.25, 0.3) is 0 Å². The van der Waals surface area contributed by atoms with E-state index in [0.29, 0.717) is 24.3 Å². The molecule has 1 aliphatic heterocycles. The van der Waals surface area contributed by atoms with Crippen molar-refractivity contribution in [2.75, 3.05) is 13.2 Å². The first-order valence-electron chi connectivity index (χ1n) is 6.38. The molecule has 0 amide bonds. The van der Waals surface area contributed by atoms with Gasteiger partial charge in [0, 0.05) is 13.2 Å². The molecule has 0 bridgehead atoms. The number of nitrogens with one attached hydrogen (secondary N) is 1. The Morgan fingerprint density at radius 1 is 1.35 bits per heavy atom. The van der Waals surface area contributed by atoms with Gasteiger partial charge in [-0.3, -0.25) is 0 Å². The second-order valence-electron chi connectivity index (χ2n) is 5.19. The number of hydrogen-bond acceptors (Lipinski definition) is 5. The zero-order valence-corrected chi connectivity index (χ0v) is 12.4. The molecule has 1 heterocycles. The summed E-state index contributed by atoms with van der Waals surface area (Å²) in [5, 5.41) is 9.01. The molecule has 2 aliphatic rings. The quantitative estimate of drug-likeness (QED) is 0.852. The number of fused-ring (bicyclic) bond motifs is 1. The fourth-order valence-corrected chi connectivity index (χ4v) is 4.17. The van der Waals surface area contributed by atoms with Crippen LogP contribution in [0, 0.1) is 5.41 Å². The van der Waals surface area contributed by atoms with Gasteiger partial charge < -0.3 is 5.11 Å². The molecule has 1 fully saturated rings. The number of benzene rings is 1. The van der Waals surface area contributed by atoms with Gasteiger partial charge in [-0.1, -0.05) is 6.07 Å². The molecule has 20 heavy (non-hydrogen) atoms. The number of nitrogens with zero attached hydrogens (tertiary/aromatic N) is 2. The molecule has 6 nitrogen and oxygen atoms in total. The molecule has 1 saturated carbocycles. The van der Waals surface area contributed by atoms with Crippen molar-refractivity contribution in [2.45, 2.75) is 24.2 Å². The second kappa shape index (κ2) is 5.03. The average molecular weight is 313 g/mol. The number of aliphatic hydroxyl groups is 1. The number of aliphatic hydroxyl groups excluding tert-OH is 1. The number of hydrogen-bond donors (Lipinski definition) is 2. The summed E-state index contributed by atoms with van der Waals surface area (Å²) >= 11 is 1.00. The molecule has 0 spiro atoms. The SMILES string of the molecule is O=S(=O)(NCC1(CCO)CC1)c1cccc2c1N=S=N2. The lowest BCUT2D eigenvalue weighted by molar-refractivity contribution is 0.249. The molecule has 0 unspecified atom stereocenters. The highest BCUT2D eigenvalue weighted by molar-refractivity contribution is 7.89. The molecule has 0 saturated heterocycles. The molecule has 3 rings (SSSR count). The smallest absolute Gasteiger partial charge is 0.242 e. The van der Waals surface area contributed by atoms with E-state index >= 15 is 0 Å². The minimum atomic E-state index is -3.60. The summed E-state index contributed by atoms with van der Waals surface area (Å²) in [7, 11) is -3.60. The topological polar surface area (TPSA) is 91.1 Å². The van der Waals surface area contributed by atoms with Gasteiger partial charge in [-0.05, 0) is 36.8 Å². The van der Waals surface area contributed by atoms with Gasteiger partial charge in [0.2, 0.25) is 10.0 Å². The van der Waals surface area contributed by atoms with Crippen LogP contribution in [0.4, 0.5) is 11.4 Å². The highest BCUT2D eigenvalue weighted by Gasteiger charge is 2.42. The zero-order chi connectivity index (χ0) is 14.2.